The largest absolute Gasteiger partial charge is 0.387 e. The first-order valence-corrected chi connectivity index (χ1v) is 7.21. The maximum absolute atomic E-state index is 10.2. The second-order valence-corrected chi connectivity index (χ2v) is 5.66. The molecule has 0 fully saturated rings. The first-order valence-electron chi connectivity index (χ1n) is 6.83. The van der Waals surface area contributed by atoms with Crippen molar-refractivity contribution in [2.45, 2.75) is 25.9 Å². The smallest absolute Gasteiger partial charge is 0.0962 e. The van der Waals surface area contributed by atoms with Gasteiger partial charge in [0.1, 0.15) is 0 Å². The third kappa shape index (κ3) is 3.99. The van der Waals surface area contributed by atoms with Crippen LogP contribution in [0.1, 0.15) is 37.0 Å². The molecule has 0 saturated carbocycles. The predicted octanol–water partition coefficient (Wildman–Crippen LogP) is 4.61. The van der Waals surface area contributed by atoms with Gasteiger partial charge in [-0.05, 0) is 41.3 Å². The summed E-state index contributed by atoms with van der Waals surface area (Å²) < 4.78 is 0. The highest BCUT2D eigenvalue weighted by molar-refractivity contribution is 6.30. The van der Waals surface area contributed by atoms with E-state index >= 15 is 0 Å². The Balaban J connectivity index is 1.94. The summed E-state index contributed by atoms with van der Waals surface area (Å²) in [6.45, 7) is 4.80. The van der Waals surface area contributed by atoms with Crippen molar-refractivity contribution in [3.8, 4) is 0 Å². The van der Waals surface area contributed by atoms with Crippen molar-refractivity contribution in [3.05, 3.63) is 64.7 Å². The van der Waals surface area contributed by atoms with Crippen LogP contribution in [0.15, 0.2) is 48.5 Å². The fourth-order valence-corrected chi connectivity index (χ4v) is 2.13. The quantitative estimate of drug-likeness (QED) is 0.842. The molecule has 0 bridgehead atoms. The first kappa shape index (κ1) is 14.9. The van der Waals surface area contributed by atoms with Crippen molar-refractivity contribution >= 4 is 17.3 Å². The van der Waals surface area contributed by atoms with E-state index in [9.17, 15) is 5.11 Å². The Morgan fingerprint density at radius 2 is 1.50 bits per heavy atom. The minimum absolute atomic E-state index is 0.475. The Kier molecular flexibility index (Phi) is 5.05. The summed E-state index contributed by atoms with van der Waals surface area (Å²) >= 11 is 5.83. The molecule has 106 valence electrons. The van der Waals surface area contributed by atoms with Crippen LogP contribution in [0.2, 0.25) is 5.02 Å². The molecule has 2 aromatic carbocycles. The summed E-state index contributed by atoms with van der Waals surface area (Å²) in [5.74, 6) is 0.508. The zero-order valence-electron chi connectivity index (χ0n) is 11.8. The molecule has 0 radical (unpaired) electrons. The van der Waals surface area contributed by atoms with Gasteiger partial charge in [-0.1, -0.05) is 49.7 Å². The number of aliphatic hydroxyl groups is 1. The fraction of sp³-hybridized carbons (Fsp3) is 0.294. The molecule has 0 aromatic heterocycles. The number of hydrogen-bond acceptors (Lipinski definition) is 2. The van der Waals surface area contributed by atoms with Gasteiger partial charge >= 0.3 is 0 Å². The fourth-order valence-electron chi connectivity index (χ4n) is 2.00. The molecule has 2 N–H and O–H groups in total. The van der Waals surface area contributed by atoms with E-state index in [0.717, 1.165) is 11.3 Å². The second-order valence-electron chi connectivity index (χ2n) is 5.22. The zero-order valence-corrected chi connectivity index (χ0v) is 12.6. The van der Waals surface area contributed by atoms with Crippen LogP contribution in [0.5, 0.6) is 0 Å². The van der Waals surface area contributed by atoms with E-state index in [4.69, 9.17) is 11.6 Å². The summed E-state index contributed by atoms with van der Waals surface area (Å²) in [6, 6.07) is 15.6. The van der Waals surface area contributed by atoms with Crippen molar-refractivity contribution < 1.29 is 5.11 Å². The Morgan fingerprint density at radius 1 is 0.950 bits per heavy atom. The lowest BCUT2D eigenvalue weighted by molar-refractivity contribution is 0.191. The minimum Gasteiger partial charge on any atom is -0.387 e. The molecule has 3 heteroatoms. The normalized spacial score (nSPS) is 12.4. The second kappa shape index (κ2) is 6.78. The third-order valence-electron chi connectivity index (χ3n) is 3.33. The lowest BCUT2D eigenvalue weighted by Crippen LogP contribution is -2.12. The van der Waals surface area contributed by atoms with Crippen LogP contribution >= 0.6 is 11.6 Å². The lowest BCUT2D eigenvalue weighted by Gasteiger charge is -2.14. The number of hydrogen-bond donors (Lipinski definition) is 2. The van der Waals surface area contributed by atoms with Gasteiger partial charge in [-0.2, -0.15) is 0 Å². The SMILES string of the molecule is CC(C)c1ccc(C(O)CNc2ccc(Cl)cc2)cc1. The van der Waals surface area contributed by atoms with Gasteiger partial charge in [-0.25, -0.2) is 0 Å². The number of nitrogens with one attached hydrogen (secondary N) is 1. The van der Waals surface area contributed by atoms with E-state index in [2.05, 4.69) is 31.3 Å². The topological polar surface area (TPSA) is 32.3 Å². The van der Waals surface area contributed by atoms with Crippen LogP contribution in [0, 0.1) is 0 Å². The van der Waals surface area contributed by atoms with Gasteiger partial charge in [0.25, 0.3) is 0 Å². The maximum atomic E-state index is 10.2. The van der Waals surface area contributed by atoms with Crippen LogP contribution in [0.4, 0.5) is 5.69 Å². The molecule has 0 amide bonds. The third-order valence-corrected chi connectivity index (χ3v) is 3.58. The monoisotopic (exact) mass is 289 g/mol. The summed E-state index contributed by atoms with van der Waals surface area (Å²) in [5, 5.41) is 14.1. The average Bonchev–Trinajstić information content (AvgIpc) is 2.46. The number of anilines is 1. The van der Waals surface area contributed by atoms with E-state index in [1.165, 1.54) is 5.56 Å². The first-order chi connectivity index (χ1) is 9.56. The summed E-state index contributed by atoms with van der Waals surface area (Å²) in [5.41, 5.74) is 3.16. The predicted molar refractivity (Wildman–Crippen MR) is 85.4 cm³/mol. The molecular formula is C17H20ClNO. The summed E-state index contributed by atoms with van der Waals surface area (Å²) in [7, 11) is 0. The highest BCUT2D eigenvalue weighted by Gasteiger charge is 2.08. The maximum Gasteiger partial charge on any atom is 0.0962 e. The molecular weight excluding hydrogens is 270 g/mol. The molecule has 0 heterocycles. The van der Waals surface area contributed by atoms with Crippen LogP contribution in [0.25, 0.3) is 0 Å². The van der Waals surface area contributed by atoms with Crippen LogP contribution in [0.3, 0.4) is 0 Å². The van der Waals surface area contributed by atoms with Gasteiger partial charge < -0.3 is 10.4 Å². The van der Waals surface area contributed by atoms with Crippen molar-refractivity contribution in [3.63, 3.8) is 0 Å². The average molecular weight is 290 g/mol. The van der Waals surface area contributed by atoms with Crippen LogP contribution in [-0.4, -0.2) is 11.7 Å². The zero-order chi connectivity index (χ0) is 14.5. The Bertz CT molecular complexity index is 534. The van der Waals surface area contributed by atoms with Gasteiger partial charge in [-0.3, -0.25) is 0 Å². The molecule has 0 aliphatic rings. The van der Waals surface area contributed by atoms with Crippen molar-refractivity contribution in [1.29, 1.82) is 0 Å². The number of aliphatic hydroxyl groups excluding tert-OH is 1. The van der Waals surface area contributed by atoms with Gasteiger partial charge in [0, 0.05) is 17.3 Å². The highest BCUT2D eigenvalue weighted by Crippen LogP contribution is 2.20. The number of halogens is 1. The van der Waals surface area contributed by atoms with Crippen LogP contribution < -0.4 is 5.32 Å². The molecule has 0 aliphatic heterocycles. The molecule has 2 nitrogen and oxygen atoms in total. The summed E-state index contributed by atoms with van der Waals surface area (Å²) in [6.07, 6.45) is -0.521. The van der Waals surface area contributed by atoms with Crippen molar-refractivity contribution in [2.24, 2.45) is 0 Å². The number of rotatable bonds is 5. The molecule has 0 spiro atoms. The Hall–Kier alpha value is -1.51. The van der Waals surface area contributed by atoms with E-state index in [1.807, 2.05) is 36.4 Å². The van der Waals surface area contributed by atoms with Crippen molar-refractivity contribution in [1.82, 2.24) is 0 Å². The van der Waals surface area contributed by atoms with E-state index in [0.29, 0.717) is 17.5 Å². The van der Waals surface area contributed by atoms with E-state index in [1.54, 1.807) is 0 Å². The van der Waals surface area contributed by atoms with Crippen molar-refractivity contribution in [2.75, 3.05) is 11.9 Å². The standard InChI is InChI=1S/C17H20ClNO/c1-12(2)13-3-5-14(6-4-13)17(20)11-19-16-9-7-15(18)8-10-16/h3-10,12,17,19-20H,11H2,1-2H3. The summed E-state index contributed by atoms with van der Waals surface area (Å²) in [4.78, 5) is 0. The Labute approximate surface area is 125 Å². The molecule has 1 atom stereocenters. The van der Waals surface area contributed by atoms with Gasteiger partial charge in [0.2, 0.25) is 0 Å². The molecule has 20 heavy (non-hydrogen) atoms. The molecule has 1 unspecified atom stereocenters. The van der Waals surface area contributed by atoms with E-state index < -0.39 is 6.10 Å². The lowest BCUT2D eigenvalue weighted by atomic mass is 10.00. The van der Waals surface area contributed by atoms with Crippen LogP contribution in [-0.2, 0) is 0 Å². The van der Waals surface area contributed by atoms with Gasteiger partial charge in [-0.15, -0.1) is 0 Å². The van der Waals surface area contributed by atoms with E-state index in [-0.39, 0.29) is 0 Å². The molecule has 2 rings (SSSR count). The molecule has 0 aliphatic carbocycles. The molecule has 0 saturated heterocycles. The van der Waals surface area contributed by atoms with Gasteiger partial charge in [0.15, 0.2) is 0 Å². The number of benzene rings is 2. The van der Waals surface area contributed by atoms with Gasteiger partial charge in [0.05, 0.1) is 6.10 Å². The Morgan fingerprint density at radius 3 is 2.05 bits per heavy atom. The minimum atomic E-state index is -0.521. The molecule has 2 aromatic rings. The highest BCUT2D eigenvalue weighted by atomic mass is 35.5.